The van der Waals surface area contributed by atoms with Crippen molar-refractivity contribution in [2.45, 2.75) is 34.6 Å². The molecule has 1 unspecified atom stereocenters. The minimum Gasteiger partial charge on any atom is -0.0996 e. The van der Waals surface area contributed by atoms with Crippen molar-refractivity contribution in [3.63, 3.8) is 0 Å². The summed E-state index contributed by atoms with van der Waals surface area (Å²) in [4.78, 5) is 0. The van der Waals surface area contributed by atoms with E-state index in [0.717, 1.165) is 0 Å². The van der Waals surface area contributed by atoms with Crippen LogP contribution in [0.1, 0.15) is 34.6 Å². The van der Waals surface area contributed by atoms with Crippen molar-refractivity contribution in [3.05, 3.63) is 35.5 Å². The van der Waals surface area contributed by atoms with E-state index in [9.17, 15) is 0 Å². The number of hydrogen-bond donors (Lipinski definition) is 0. The first kappa shape index (κ1) is 11.2. The molecule has 0 saturated carbocycles. The van der Waals surface area contributed by atoms with Crippen LogP contribution in [0.5, 0.6) is 0 Å². The molecule has 0 aliphatic rings. The first-order valence-corrected chi connectivity index (χ1v) is 4.42. The maximum atomic E-state index is 3.91. The van der Waals surface area contributed by atoms with Gasteiger partial charge in [0.2, 0.25) is 0 Å². The number of hydrogen-bond acceptors (Lipinski definition) is 0. The molecule has 1 atom stereocenters. The van der Waals surface area contributed by atoms with Crippen molar-refractivity contribution in [2.24, 2.45) is 5.92 Å². The van der Waals surface area contributed by atoms with Gasteiger partial charge < -0.3 is 0 Å². The van der Waals surface area contributed by atoms with E-state index in [1.807, 2.05) is 0 Å². The van der Waals surface area contributed by atoms with Crippen LogP contribution in [0, 0.1) is 5.92 Å². The SMILES string of the molecule is C=C(C)C(C)/C=C/C(C)=C(C)C. The summed E-state index contributed by atoms with van der Waals surface area (Å²) in [5.74, 6) is 0.485. The molecule has 0 heteroatoms. The molecule has 0 nitrogen and oxygen atoms in total. The molecule has 12 heavy (non-hydrogen) atoms. The van der Waals surface area contributed by atoms with Gasteiger partial charge in [-0.05, 0) is 33.6 Å². The van der Waals surface area contributed by atoms with E-state index in [2.05, 4.69) is 53.3 Å². The van der Waals surface area contributed by atoms with Crippen molar-refractivity contribution in [1.29, 1.82) is 0 Å². The summed E-state index contributed by atoms with van der Waals surface area (Å²) >= 11 is 0. The van der Waals surface area contributed by atoms with Crippen LogP contribution in [0.2, 0.25) is 0 Å². The van der Waals surface area contributed by atoms with Crippen LogP contribution in [-0.2, 0) is 0 Å². The molecular weight excluding hydrogens is 144 g/mol. The fourth-order valence-corrected chi connectivity index (χ4v) is 0.620. The molecule has 0 aromatic heterocycles. The largest absolute Gasteiger partial charge is 0.0996 e. The Morgan fingerprint density at radius 2 is 1.67 bits per heavy atom. The molecule has 0 aromatic rings. The Bertz CT molecular complexity index is 212. The summed E-state index contributed by atoms with van der Waals surface area (Å²) in [6.45, 7) is 14.5. The van der Waals surface area contributed by atoms with E-state index in [1.165, 1.54) is 16.7 Å². The highest BCUT2D eigenvalue weighted by Gasteiger charge is 1.95. The Labute approximate surface area is 76.7 Å². The average Bonchev–Trinajstić information content (AvgIpc) is 1.98. The standard InChI is InChI=1S/C12H20/c1-9(2)11(5)7-8-12(6)10(3)4/h7-8,11H,1H2,2-6H3/b8-7+. The lowest BCUT2D eigenvalue weighted by Crippen LogP contribution is -1.89. The predicted molar refractivity (Wildman–Crippen MR) is 57.2 cm³/mol. The zero-order chi connectivity index (χ0) is 9.72. The maximum absolute atomic E-state index is 3.91. The fourth-order valence-electron chi connectivity index (χ4n) is 0.620. The minimum absolute atomic E-state index is 0.485. The second-order valence-electron chi connectivity index (χ2n) is 3.68. The van der Waals surface area contributed by atoms with Crippen molar-refractivity contribution in [2.75, 3.05) is 0 Å². The van der Waals surface area contributed by atoms with Gasteiger partial charge in [0.05, 0.1) is 0 Å². The first-order valence-electron chi connectivity index (χ1n) is 4.42. The lowest BCUT2D eigenvalue weighted by atomic mass is 10.0. The Balaban J connectivity index is 4.26. The topological polar surface area (TPSA) is 0 Å². The third-order valence-electron chi connectivity index (χ3n) is 2.20. The molecule has 68 valence electrons. The highest BCUT2D eigenvalue weighted by Crippen LogP contribution is 2.11. The van der Waals surface area contributed by atoms with Gasteiger partial charge in [-0.2, -0.15) is 0 Å². The summed E-state index contributed by atoms with van der Waals surface area (Å²) in [6, 6.07) is 0. The average molecular weight is 164 g/mol. The Morgan fingerprint density at radius 3 is 2.00 bits per heavy atom. The van der Waals surface area contributed by atoms with Gasteiger partial charge >= 0.3 is 0 Å². The molecule has 0 N–H and O–H groups in total. The van der Waals surface area contributed by atoms with Crippen LogP contribution >= 0.6 is 0 Å². The fraction of sp³-hybridized carbons (Fsp3) is 0.500. The molecular formula is C12H20. The summed E-state index contributed by atoms with van der Waals surface area (Å²) < 4.78 is 0. The molecule has 0 rings (SSSR count). The normalized spacial score (nSPS) is 13.1. The van der Waals surface area contributed by atoms with E-state index < -0.39 is 0 Å². The lowest BCUT2D eigenvalue weighted by molar-refractivity contribution is 0.866. The van der Waals surface area contributed by atoms with Crippen LogP contribution < -0.4 is 0 Å². The summed E-state index contributed by atoms with van der Waals surface area (Å²) in [7, 11) is 0. The van der Waals surface area contributed by atoms with Crippen molar-refractivity contribution < 1.29 is 0 Å². The van der Waals surface area contributed by atoms with E-state index in [-0.39, 0.29) is 0 Å². The molecule has 0 aliphatic heterocycles. The molecule has 0 spiro atoms. The maximum Gasteiger partial charge on any atom is -0.00539 e. The third kappa shape index (κ3) is 4.17. The van der Waals surface area contributed by atoms with E-state index in [4.69, 9.17) is 0 Å². The number of rotatable bonds is 3. The second-order valence-corrected chi connectivity index (χ2v) is 3.68. The second kappa shape index (κ2) is 4.97. The van der Waals surface area contributed by atoms with Gasteiger partial charge in [0.15, 0.2) is 0 Å². The molecule has 0 heterocycles. The van der Waals surface area contributed by atoms with Crippen LogP contribution in [0.4, 0.5) is 0 Å². The molecule has 0 radical (unpaired) electrons. The quantitative estimate of drug-likeness (QED) is 0.435. The van der Waals surface area contributed by atoms with Gasteiger partial charge in [-0.1, -0.05) is 42.4 Å². The first-order chi connectivity index (χ1) is 5.45. The van der Waals surface area contributed by atoms with E-state index in [0.29, 0.717) is 5.92 Å². The molecule has 0 fully saturated rings. The predicted octanol–water partition coefficient (Wildman–Crippen LogP) is 4.11. The Hall–Kier alpha value is -0.780. The molecule has 0 aromatic carbocycles. The summed E-state index contributed by atoms with van der Waals surface area (Å²) in [6.07, 6.45) is 4.37. The van der Waals surface area contributed by atoms with Gasteiger partial charge in [-0.3, -0.25) is 0 Å². The van der Waals surface area contributed by atoms with Crippen molar-refractivity contribution in [1.82, 2.24) is 0 Å². The zero-order valence-corrected chi connectivity index (χ0v) is 8.94. The zero-order valence-electron chi connectivity index (χ0n) is 8.94. The lowest BCUT2D eigenvalue weighted by Gasteiger charge is -2.04. The smallest absolute Gasteiger partial charge is 0.00539 e. The molecule has 0 bridgehead atoms. The van der Waals surface area contributed by atoms with Crippen LogP contribution in [-0.4, -0.2) is 0 Å². The van der Waals surface area contributed by atoms with Gasteiger partial charge in [0.25, 0.3) is 0 Å². The highest BCUT2D eigenvalue weighted by atomic mass is 14.0. The molecule has 0 aliphatic carbocycles. The molecule has 0 amide bonds. The van der Waals surface area contributed by atoms with Crippen LogP contribution in [0.3, 0.4) is 0 Å². The molecule has 0 saturated heterocycles. The number of allylic oxidation sites excluding steroid dienone is 5. The summed E-state index contributed by atoms with van der Waals surface area (Å²) in [5, 5.41) is 0. The minimum atomic E-state index is 0.485. The third-order valence-corrected chi connectivity index (χ3v) is 2.20. The Morgan fingerprint density at radius 1 is 1.17 bits per heavy atom. The van der Waals surface area contributed by atoms with Crippen molar-refractivity contribution >= 4 is 0 Å². The van der Waals surface area contributed by atoms with Gasteiger partial charge in [-0.25, -0.2) is 0 Å². The van der Waals surface area contributed by atoms with Crippen molar-refractivity contribution in [3.8, 4) is 0 Å². The monoisotopic (exact) mass is 164 g/mol. The van der Waals surface area contributed by atoms with Gasteiger partial charge in [0, 0.05) is 0 Å². The highest BCUT2D eigenvalue weighted by molar-refractivity contribution is 5.22. The van der Waals surface area contributed by atoms with E-state index in [1.54, 1.807) is 0 Å². The van der Waals surface area contributed by atoms with Gasteiger partial charge in [0.1, 0.15) is 0 Å². The van der Waals surface area contributed by atoms with E-state index >= 15 is 0 Å². The Kier molecular flexibility index (Phi) is 4.65. The van der Waals surface area contributed by atoms with Crippen LogP contribution in [0.15, 0.2) is 35.5 Å². The van der Waals surface area contributed by atoms with Gasteiger partial charge in [-0.15, -0.1) is 0 Å². The van der Waals surface area contributed by atoms with Crippen LogP contribution in [0.25, 0.3) is 0 Å². The summed E-state index contributed by atoms with van der Waals surface area (Å²) in [5.41, 5.74) is 3.94.